The Morgan fingerprint density at radius 3 is 2.54 bits per heavy atom. The van der Waals surface area contributed by atoms with Gasteiger partial charge in [-0.3, -0.25) is 0 Å². The number of phenols is 1. The Bertz CT molecular complexity index is 1680. The predicted molar refractivity (Wildman–Crippen MR) is 178 cm³/mol. The summed E-state index contributed by atoms with van der Waals surface area (Å²) in [6.07, 6.45) is 4.56. The zero-order chi connectivity index (χ0) is 32.2. The van der Waals surface area contributed by atoms with Crippen molar-refractivity contribution in [3.05, 3.63) is 53.1 Å². The third-order valence-corrected chi connectivity index (χ3v) is 10.1. The predicted octanol–water partition coefficient (Wildman–Crippen LogP) is 5.44. The van der Waals surface area contributed by atoms with E-state index < -0.39 is 5.60 Å². The first-order valence-corrected chi connectivity index (χ1v) is 16.6. The molecule has 4 aliphatic rings. The van der Waals surface area contributed by atoms with Crippen molar-refractivity contribution in [3.8, 4) is 17.7 Å². The molecule has 10 heteroatoms. The van der Waals surface area contributed by atoms with Crippen molar-refractivity contribution >= 4 is 28.4 Å². The van der Waals surface area contributed by atoms with Gasteiger partial charge in [0.05, 0.1) is 0 Å². The molecule has 2 unspecified atom stereocenters. The van der Waals surface area contributed by atoms with Crippen LogP contribution in [0.3, 0.4) is 0 Å². The topological polar surface area (TPSA) is 105 Å². The largest absolute Gasteiger partial charge is 0.508 e. The van der Waals surface area contributed by atoms with Crippen LogP contribution in [0, 0.1) is 11.3 Å². The first kappa shape index (κ1) is 30.4. The van der Waals surface area contributed by atoms with Gasteiger partial charge in [-0.1, -0.05) is 24.3 Å². The number of amides is 1. The van der Waals surface area contributed by atoms with E-state index in [1.807, 2.05) is 49.9 Å². The number of anilines is 2. The average molecular weight is 625 g/mol. The van der Waals surface area contributed by atoms with Crippen molar-refractivity contribution in [1.29, 1.82) is 5.26 Å². The zero-order valence-electron chi connectivity index (χ0n) is 27.3. The maximum atomic E-state index is 13.1. The van der Waals surface area contributed by atoms with Gasteiger partial charge in [0.1, 0.15) is 35.4 Å². The van der Waals surface area contributed by atoms with Crippen molar-refractivity contribution in [2.45, 2.75) is 83.1 Å². The van der Waals surface area contributed by atoms with Gasteiger partial charge < -0.3 is 34.2 Å². The molecule has 3 saturated heterocycles. The average Bonchev–Trinajstić information content (AvgIpc) is 3.55. The third kappa shape index (κ3) is 5.66. The molecule has 2 bridgehead atoms. The molecule has 3 aromatic rings. The quantitative estimate of drug-likeness (QED) is 0.398. The van der Waals surface area contributed by atoms with E-state index in [1.165, 1.54) is 0 Å². The number of phenolic OH excluding ortho intramolecular Hbond substituents is 1. The van der Waals surface area contributed by atoms with Gasteiger partial charge in [-0.05, 0) is 77.9 Å². The summed E-state index contributed by atoms with van der Waals surface area (Å²) in [6, 6.07) is 14.7. The Morgan fingerprint density at radius 1 is 1.09 bits per heavy atom. The molecule has 242 valence electrons. The Hall–Kier alpha value is -4.23. The highest BCUT2D eigenvalue weighted by molar-refractivity contribution is 5.95. The lowest BCUT2D eigenvalue weighted by atomic mass is 9.94. The second-order valence-electron chi connectivity index (χ2n) is 14.3. The maximum Gasteiger partial charge on any atom is 0.410 e. The smallest absolute Gasteiger partial charge is 0.410 e. The molecular formula is C36H44N6O4. The SMILES string of the molecule is CN1CCC[C@H]1COc1nc(N2C3CCC2CN(C(=O)OC(C)(C)C)C3)c2c(c1C#N)CN(c1cc(O)cc3ccccc13)CC2. The molecule has 4 aliphatic heterocycles. The van der Waals surface area contributed by atoms with E-state index in [0.717, 1.165) is 72.2 Å². The summed E-state index contributed by atoms with van der Waals surface area (Å²) in [5.74, 6) is 1.51. The molecule has 0 radical (unpaired) electrons. The number of pyridine rings is 1. The highest BCUT2D eigenvalue weighted by atomic mass is 16.6. The van der Waals surface area contributed by atoms with E-state index in [4.69, 9.17) is 14.5 Å². The van der Waals surface area contributed by atoms with E-state index in [9.17, 15) is 15.2 Å². The number of hydrogen-bond acceptors (Lipinski definition) is 9. The van der Waals surface area contributed by atoms with Gasteiger partial charge in [0.2, 0.25) is 5.88 Å². The number of piperazine rings is 1. The molecule has 5 heterocycles. The molecule has 2 aromatic carbocycles. The highest BCUT2D eigenvalue weighted by Gasteiger charge is 2.45. The van der Waals surface area contributed by atoms with Crippen LogP contribution in [0.15, 0.2) is 36.4 Å². The van der Waals surface area contributed by atoms with Crippen LogP contribution in [0.4, 0.5) is 16.3 Å². The molecule has 0 aliphatic carbocycles. The van der Waals surface area contributed by atoms with E-state index in [2.05, 4.69) is 33.9 Å². The van der Waals surface area contributed by atoms with Gasteiger partial charge in [0, 0.05) is 72.6 Å². The Labute approximate surface area is 271 Å². The van der Waals surface area contributed by atoms with Gasteiger partial charge in [0.15, 0.2) is 0 Å². The van der Waals surface area contributed by atoms with Gasteiger partial charge in [0.25, 0.3) is 0 Å². The number of carbonyl (C=O) groups excluding carboxylic acids is 1. The summed E-state index contributed by atoms with van der Waals surface area (Å²) in [6.45, 7) is 9.60. The molecule has 3 fully saturated rings. The minimum atomic E-state index is -0.548. The lowest BCUT2D eigenvalue weighted by Gasteiger charge is -2.43. The first-order valence-electron chi connectivity index (χ1n) is 16.6. The summed E-state index contributed by atoms with van der Waals surface area (Å²) >= 11 is 0. The fourth-order valence-electron chi connectivity index (χ4n) is 7.85. The van der Waals surface area contributed by atoms with Gasteiger partial charge in [-0.15, -0.1) is 0 Å². The number of likely N-dealkylation sites (tertiary alicyclic amines) is 2. The van der Waals surface area contributed by atoms with Crippen LogP contribution in [0.25, 0.3) is 10.8 Å². The number of hydrogen-bond donors (Lipinski definition) is 1. The molecule has 1 aromatic heterocycles. The normalized spacial score (nSPS) is 23.0. The molecule has 7 rings (SSSR count). The van der Waals surface area contributed by atoms with E-state index >= 15 is 0 Å². The third-order valence-electron chi connectivity index (χ3n) is 10.1. The Balaban J connectivity index is 1.26. The number of rotatable bonds is 5. The number of nitriles is 1. The minimum Gasteiger partial charge on any atom is -0.508 e. The summed E-state index contributed by atoms with van der Waals surface area (Å²) in [4.78, 5) is 27.1. The van der Waals surface area contributed by atoms with E-state index in [0.29, 0.717) is 44.1 Å². The van der Waals surface area contributed by atoms with Crippen molar-refractivity contribution in [2.24, 2.45) is 0 Å². The number of fused-ring (bicyclic) bond motifs is 4. The monoisotopic (exact) mass is 624 g/mol. The van der Waals surface area contributed by atoms with Crippen molar-refractivity contribution in [3.63, 3.8) is 0 Å². The number of aromatic nitrogens is 1. The Kier molecular flexibility index (Phi) is 7.84. The summed E-state index contributed by atoms with van der Waals surface area (Å²) < 4.78 is 12.2. The molecule has 46 heavy (non-hydrogen) atoms. The first-order chi connectivity index (χ1) is 22.1. The second-order valence-corrected chi connectivity index (χ2v) is 14.3. The number of nitrogens with zero attached hydrogens (tertiary/aromatic N) is 6. The van der Waals surface area contributed by atoms with Gasteiger partial charge in [-0.2, -0.15) is 10.2 Å². The number of aromatic hydroxyl groups is 1. The van der Waals surface area contributed by atoms with E-state index in [-0.39, 0.29) is 30.0 Å². The number of likely N-dealkylation sites (N-methyl/N-ethyl adjacent to an activating group) is 1. The Morgan fingerprint density at radius 2 is 1.85 bits per heavy atom. The van der Waals surface area contributed by atoms with E-state index in [1.54, 1.807) is 6.07 Å². The van der Waals surface area contributed by atoms with Crippen LogP contribution < -0.4 is 14.5 Å². The van der Waals surface area contributed by atoms with Crippen LogP contribution in [0.5, 0.6) is 11.6 Å². The second kappa shape index (κ2) is 11.8. The standard InChI is InChI=1S/C36H44N6O4/c1-36(2,3)46-35(44)41-19-24-11-12-25(20-41)42(24)33-29-13-15-40(32-17-27(43)16-23-8-5-6-10-28(23)32)21-31(29)30(18-37)34(38-33)45-22-26-9-7-14-39(26)4/h5-6,8,10,16-17,24-26,43H,7,9,11-15,19-22H2,1-4H3/t24?,25?,26-/m0/s1. The van der Waals surface area contributed by atoms with Crippen LogP contribution >= 0.6 is 0 Å². The molecule has 0 saturated carbocycles. The molecular weight excluding hydrogens is 580 g/mol. The maximum absolute atomic E-state index is 13.1. The van der Waals surface area contributed by atoms with Crippen LogP contribution in [0.2, 0.25) is 0 Å². The van der Waals surface area contributed by atoms with Crippen molar-refractivity contribution in [2.75, 3.05) is 49.6 Å². The lowest BCUT2D eigenvalue weighted by Crippen LogP contribution is -2.56. The minimum absolute atomic E-state index is 0.109. The zero-order valence-corrected chi connectivity index (χ0v) is 27.3. The summed E-state index contributed by atoms with van der Waals surface area (Å²) in [5, 5.41) is 23.2. The summed E-state index contributed by atoms with van der Waals surface area (Å²) in [7, 11) is 2.12. The van der Waals surface area contributed by atoms with Gasteiger partial charge >= 0.3 is 6.09 Å². The molecule has 0 spiro atoms. The lowest BCUT2D eigenvalue weighted by molar-refractivity contribution is 0.0209. The van der Waals surface area contributed by atoms with Crippen LogP contribution in [0.1, 0.15) is 63.1 Å². The number of ether oxygens (including phenoxy) is 2. The van der Waals surface area contributed by atoms with Gasteiger partial charge in [-0.25, -0.2) is 4.79 Å². The molecule has 1 N–H and O–H groups in total. The van der Waals surface area contributed by atoms with Crippen LogP contribution in [-0.2, 0) is 17.7 Å². The van der Waals surface area contributed by atoms with Crippen molar-refractivity contribution in [1.82, 2.24) is 14.8 Å². The van der Waals surface area contributed by atoms with Crippen LogP contribution in [-0.4, -0.2) is 89.5 Å². The fraction of sp³-hybridized carbons (Fsp3) is 0.528. The fourth-order valence-corrected chi connectivity index (χ4v) is 7.85. The summed E-state index contributed by atoms with van der Waals surface area (Å²) in [5.41, 5.74) is 2.92. The number of benzene rings is 2. The number of carbonyl (C=O) groups is 1. The highest BCUT2D eigenvalue weighted by Crippen LogP contribution is 2.43. The van der Waals surface area contributed by atoms with Crippen molar-refractivity contribution < 1.29 is 19.4 Å². The molecule has 3 atom stereocenters. The molecule has 1 amide bonds. The molecule has 10 nitrogen and oxygen atoms in total.